The number of hydrogen-bond donors (Lipinski definition) is 1. The fraction of sp³-hybridized carbons (Fsp3) is 0.417. The van der Waals surface area contributed by atoms with Gasteiger partial charge in [0.05, 0.1) is 11.8 Å². The largest absolute Gasteiger partial charge is 0.481 e. The van der Waals surface area contributed by atoms with Gasteiger partial charge in [-0.2, -0.15) is 0 Å². The van der Waals surface area contributed by atoms with Crippen molar-refractivity contribution >= 4 is 42.5 Å². The molecule has 0 spiro atoms. The van der Waals surface area contributed by atoms with Crippen molar-refractivity contribution < 1.29 is 9.90 Å². The summed E-state index contributed by atoms with van der Waals surface area (Å²) >= 11 is 1.66. The van der Waals surface area contributed by atoms with Crippen LogP contribution in [0.2, 0.25) is 0 Å². The van der Waals surface area contributed by atoms with Crippen molar-refractivity contribution in [3.05, 3.63) is 35.9 Å². The van der Waals surface area contributed by atoms with Crippen LogP contribution < -0.4 is 0 Å². The van der Waals surface area contributed by atoms with Gasteiger partial charge in [-0.3, -0.25) is 9.69 Å². The fourth-order valence-corrected chi connectivity index (χ4v) is 2.44. The van der Waals surface area contributed by atoms with E-state index in [2.05, 4.69) is 12.1 Å². The molecule has 0 saturated carbocycles. The molecule has 1 N–H and O–H groups in total. The molecule has 1 rings (SSSR count). The van der Waals surface area contributed by atoms with Crippen molar-refractivity contribution in [2.45, 2.75) is 17.5 Å². The molecule has 3 nitrogen and oxygen atoms in total. The Hall–Kier alpha value is -0.420. The number of hydrogen-bond acceptors (Lipinski definition) is 3. The number of carboxylic acid groups (broad SMARTS) is 1. The van der Waals surface area contributed by atoms with Crippen molar-refractivity contribution in [2.75, 3.05) is 14.1 Å². The van der Waals surface area contributed by atoms with Crippen LogP contribution in [0.3, 0.4) is 0 Å². The molecule has 0 aliphatic carbocycles. The lowest BCUT2D eigenvalue weighted by molar-refractivity contribution is -0.137. The Morgan fingerprint density at radius 1 is 1.28 bits per heavy atom. The maximum Gasteiger partial charge on any atom is 0.305 e. The van der Waals surface area contributed by atoms with E-state index in [1.54, 1.807) is 11.8 Å². The Bertz CT molecular complexity index is 336. The summed E-state index contributed by atoms with van der Waals surface area (Å²) in [6.07, 6.45) is 0.171. The molecular weight excluding hydrogens is 293 g/mol. The Kier molecular flexibility index (Phi) is 11.6. The summed E-state index contributed by atoms with van der Waals surface area (Å²) in [7, 11) is 3.82. The molecule has 6 heteroatoms. The van der Waals surface area contributed by atoms with E-state index in [0.717, 1.165) is 5.75 Å². The van der Waals surface area contributed by atoms with Crippen molar-refractivity contribution in [3.8, 4) is 0 Å². The van der Waals surface area contributed by atoms with Gasteiger partial charge in [-0.1, -0.05) is 30.3 Å². The second-order valence-corrected chi connectivity index (χ2v) is 4.98. The van der Waals surface area contributed by atoms with E-state index in [1.165, 1.54) is 5.56 Å². The number of carboxylic acids is 1. The Morgan fingerprint density at radius 2 is 1.83 bits per heavy atom. The lowest BCUT2D eigenvalue weighted by Crippen LogP contribution is -2.27. The Labute approximate surface area is 125 Å². The Balaban J connectivity index is 0. The summed E-state index contributed by atoms with van der Waals surface area (Å²) in [5, 5.41) is 8.82. The van der Waals surface area contributed by atoms with Gasteiger partial charge in [0.15, 0.2) is 0 Å². The van der Waals surface area contributed by atoms with Gasteiger partial charge in [-0.25, -0.2) is 0 Å². The minimum atomic E-state index is -0.751. The number of benzene rings is 1. The summed E-state index contributed by atoms with van der Waals surface area (Å²) in [6, 6.07) is 10.1. The molecule has 0 bridgehead atoms. The van der Waals surface area contributed by atoms with E-state index in [0.29, 0.717) is 0 Å². The summed E-state index contributed by atoms with van der Waals surface area (Å²) in [4.78, 5) is 12.6. The summed E-state index contributed by atoms with van der Waals surface area (Å²) in [5.74, 6) is 0.0935. The normalized spacial score (nSPS) is 11.3. The zero-order valence-electron chi connectivity index (χ0n) is 10.4. The molecule has 0 aliphatic heterocycles. The van der Waals surface area contributed by atoms with Crippen LogP contribution in [0.1, 0.15) is 12.0 Å². The van der Waals surface area contributed by atoms with E-state index in [-0.39, 0.29) is 36.6 Å². The van der Waals surface area contributed by atoms with E-state index >= 15 is 0 Å². The smallest absolute Gasteiger partial charge is 0.305 e. The first-order chi connectivity index (χ1) is 7.59. The van der Waals surface area contributed by atoms with Crippen LogP contribution in [0.15, 0.2) is 30.3 Å². The minimum absolute atomic E-state index is 0. The average Bonchev–Trinajstić information content (AvgIpc) is 2.25. The van der Waals surface area contributed by atoms with Gasteiger partial charge in [0, 0.05) is 5.75 Å². The third kappa shape index (κ3) is 7.82. The van der Waals surface area contributed by atoms with Crippen LogP contribution in [-0.2, 0) is 10.5 Å². The van der Waals surface area contributed by atoms with Crippen LogP contribution in [0.25, 0.3) is 0 Å². The van der Waals surface area contributed by atoms with Gasteiger partial charge in [0.25, 0.3) is 0 Å². The molecule has 1 unspecified atom stereocenters. The van der Waals surface area contributed by atoms with Gasteiger partial charge in [-0.05, 0) is 19.7 Å². The lowest BCUT2D eigenvalue weighted by Gasteiger charge is -2.21. The number of aliphatic carboxylic acids is 1. The zero-order valence-corrected chi connectivity index (χ0v) is 12.9. The number of carbonyl (C=O) groups is 1. The van der Waals surface area contributed by atoms with Gasteiger partial charge >= 0.3 is 5.97 Å². The van der Waals surface area contributed by atoms with Crippen LogP contribution in [0, 0.1) is 0 Å². The molecule has 0 amide bonds. The highest BCUT2D eigenvalue weighted by molar-refractivity contribution is 7.99. The lowest BCUT2D eigenvalue weighted by atomic mass is 10.2. The standard InChI is InChI=1S/C12H17NO2S.2ClH/c1-13(2)11(8-12(14)15)16-9-10-6-4-3-5-7-10;;/h3-7,11H,8-9H2,1-2H3,(H,14,15);2*1H. The summed E-state index contributed by atoms with van der Waals surface area (Å²) in [6.45, 7) is 0. The minimum Gasteiger partial charge on any atom is -0.481 e. The van der Waals surface area contributed by atoms with Crippen LogP contribution in [0.4, 0.5) is 0 Å². The van der Waals surface area contributed by atoms with E-state index in [9.17, 15) is 4.79 Å². The van der Waals surface area contributed by atoms with Crippen LogP contribution in [0.5, 0.6) is 0 Å². The molecule has 1 aromatic rings. The highest BCUT2D eigenvalue weighted by atomic mass is 35.5. The summed E-state index contributed by atoms with van der Waals surface area (Å²) < 4.78 is 0. The Morgan fingerprint density at radius 3 is 2.28 bits per heavy atom. The molecule has 0 fully saturated rings. The van der Waals surface area contributed by atoms with E-state index in [4.69, 9.17) is 5.11 Å². The molecular formula is C12H19Cl2NO2S. The van der Waals surface area contributed by atoms with Gasteiger partial charge in [0.2, 0.25) is 0 Å². The monoisotopic (exact) mass is 311 g/mol. The maximum atomic E-state index is 10.7. The molecule has 0 aliphatic rings. The van der Waals surface area contributed by atoms with Crippen LogP contribution >= 0.6 is 36.6 Å². The van der Waals surface area contributed by atoms with Crippen molar-refractivity contribution in [1.29, 1.82) is 0 Å². The SMILES string of the molecule is CN(C)C(CC(=O)O)SCc1ccccc1.Cl.Cl. The molecule has 1 atom stereocenters. The second-order valence-electron chi connectivity index (χ2n) is 3.81. The molecule has 0 saturated heterocycles. The number of nitrogens with zero attached hydrogens (tertiary/aromatic N) is 1. The third-order valence-corrected chi connectivity index (χ3v) is 3.68. The van der Waals surface area contributed by atoms with Gasteiger partial charge in [-0.15, -0.1) is 36.6 Å². The molecule has 0 aromatic heterocycles. The molecule has 1 aromatic carbocycles. The predicted octanol–water partition coefficient (Wildman–Crippen LogP) is 3.13. The third-order valence-electron chi connectivity index (χ3n) is 2.21. The quantitative estimate of drug-likeness (QED) is 0.819. The highest BCUT2D eigenvalue weighted by Crippen LogP contribution is 2.21. The first kappa shape index (κ1) is 19.9. The number of thioether (sulfide) groups is 1. The summed E-state index contributed by atoms with van der Waals surface area (Å²) in [5.41, 5.74) is 1.23. The van der Waals surface area contributed by atoms with Crippen molar-refractivity contribution in [1.82, 2.24) is 4.90 Å². The van der Waals surface area contributed by atoms with Gasteiger partial charge < -0.3 is 5.11 Å². The molecule has 104 valence electrons. The maximum absolute atomic E-state index is 10.7. The van der Waals surface area contributed by atoms with Crippen molar-refractivity contribution in [2.24, 2.45) is 0 Å². The number of rotatable bonds is 6. The molecule has 0 radical (unpaired) electrons. The molecule has 0 heterocycles. The fourth-order valence-electron chi connectivity index (χ4n) is 1.31. The highest BCUT2D eigenvalue weighted by Gasteiger charge is 2.15. The topological polar surface area (TPSA) is 40.5 Å². The van der Waals surface area contributed by atoms with E-state index < -0.39 is 5.97 Å². The second kappa shape index (κ2) is 10.5. The van der Waals surface area contributed by atoms with Crippen LogP contribution in [-0.4, -0.2) is 35.4 Å². The predicted molar refractivity (Wildman–Crippen MR) is 82.0 cm³/mol. The van der Waals surface area contributed by atoms with E-state index in [1.807, 2.05) is 37.2 Å². The first-order valence-electron chi connectivity index (χ1n) is 5.13. The average molecular weight is 312 g/mol. The van der Waals surface area contributed by atoms with Crippen molar-refractivity contribution in [3.63, 3.8) is 0 Å². The zero-order chi connectivity index (χ0) is 12.0. The first-order valence-corrected chi connectivity index (χ1v) is 6.18. The molecule has 18 heavy (non-hydrogen) atoms. The number of halogens is 2. The van der Waals surface area contributed by atoms with Gasteiger partial charge in [0.1, 0.15) is 0 Å².